The third kappa shape index (κ3) is 3.37. The Hall–Kier alpha value is -2.78. The second kappa shape index (κ2) is 7.17. The number of benzene rings is 3. The van der Waals surface area contributed by atoms with E-state index in [1.54, 1.807) is 0 Å². The zero-order valence-corrected chi connectivity index (χ0v) is 17.2. The molecule has 3 nitrogen and oxygen atoms in total. The smallest absolute Gasteiger partial charge is 0.0891 e. The van der Waals surface area contributed by atoms with Crippen LogP contribution in [0.2, 0.25) is 0 Å². The predicted octanol–water partition coefficient (Wildman–Crippen LogP) is 6.02. The van der Waals surface area contributed by atoms with Crippen LogP contribution in [0.5, 0.6) is 0 Å². The van der Waals surface area contributed by atoms with Gasteiger partial charge in [0.05, 0.1) is 12.6 Å². The summed E-state index contributed by atoms with van der Waals surface area (Å²) < 4.78 is 2.31. The minimum Gasteiger partial charge on any atom is -0.389 e. The summed E-state index contributed by atoms with van der Waals surface area (Å²) in [4.78, 5) is 0. The first-order valence-corrected chi connectivity index (χ1v) is 11.3. The van der Waals surface area contributed by atoms with E-state index in [0.29, 0.717) is 13.1 Å². The summed E-state index contributed by atoms with van der Waals surface area (Å²) >= 11 is 0. The topological polar surface area (TPSA) is 37.2 Å². The summed E-state index contributed by atoms with van der Waals surface area (Å²) in [6.45, 7) is 1.12. The van der Waals surface area contributed by atoms with Gasteiger partial charge in [0.15, 0.2) is 0 Å². The molecule has 2 saturated carbocycles. The number of nitrogens with one attached hydrogen (secondary N) is 1. The first kappa shape index (κ1) is 18.0. The molecule has 0 amide bonds. The van der Waals surface area contributed by atoms with E-state index in [1.807, 2.05) is 30.3 Å². The molecule has 3 heteroatoms. The summed E-state index contributed by atoms with van der Waals surface area (Å²) in [5.41, 5.74) is 6.47. The second-order valence-electron chi connectivity index (χ2n) is 9.11. The number of aromatic nitrogens is 1. The van der Waals surface area contributed by atoms with Gasteiger partial charge < -0.3 is 15.0 Å². The van der Waals surface area contributed by atoms with Crippen LogP contribution in [0.4, 0.5) is 5.69 Å². The van der Waals surface area contributed by atoms with Crippen LogP contribution in [0.15, 0.2) is 66.7 Å². The molecule has 2 aliphatic rings. The molecule has 2 aliphatic carbocycles. The molecule has 0 spiro atoms. The van der Waals surface area contributed by atoms with E-state index in [9.17, 15) is 5.11 Å². The van der Waals surface area contributed by atoms with Crippen LogP contribution in [-0.2, 0) is 6.54 Å². The summed E-state index contributed by atoms with van der Waals surface area (Å²) in [5.74, 6) is 1.50. The maximum atomic E-state index is 10.8. The molecule has 0 radical (unpaired) electrons. The number of rotatable bonds is 7. The van der Waals surface area contributed by atoms with Gasteiger partial charge in [0.1, 0.15) is 0 Å². The lowest BCUT2D eigenvalue weighted by Crippen LogP contribution is -2.24. The van der Waals surface area contributed by atoms with Crippen LogP contribution in [0, 0.1) is 0 Å². The van der Waals surface area contributed by atoms with Crippen molar-refractivity contribution in [2.75, 3.05) is 11.9 Å². The largest absolute Gasteiger partial charge is 0.389 e. The molecule has 2 N–H and O–H groups in total. The lowest BCUT2D eigenvalue weighted by Gasteiger charge is -2.16. The number of hydrogen-bond acceptors (Lipinski definition) is 2. The average Bonchev–Trinajstić information content (AvgIpc) is 3.70. The quantitative estimate of drug-likeness (QED) is 0.401. The number of nitrogens with zero attached hydrogens (tertiary/aromatic N) is 1. The Kier molecular flexibility index (Phi) is 4.31. The highest BCUT2D eigenvalue weighted by molar-refractivity contribution is 6.08. The van der Waals surface area contributed by atoms with Crippen LogP contribution in [0.25, 0.3) is 21.8 Å². The SMILES string of the molecule is OC(CNc1ccccc1)Cn1c2ccc(C3CC3)cc2c2cc(C3CC3)ccc21. The maximum Gasteiger partial charge on any atom is 0.0891 e. The number of anilines is 1. The first-order valence-electron chi connectivity index (χ1n) is 11.3. The minimum atomic E-state index is -0.463. The fourth-order valence-electron chi connectivity index (χ4n) is 4.74. The van der Waals surface area contributed by atoms with Crippen molar-refractivity contribution in [2.24, 2.45) is 0 Å². The van der Waals surface area contributed by atoms with Gasteiger partial charge in [0.25, 0.3) is 0 Å². The Balaban J connectivity index is 1.36. The van der Waals surface area contributed by atoms with Gasteiger partial charge in [-0.1, -0.05) is 30.3 Å². The molecule has 0 saturated heterocycles. The molecule has 30 heavy (non-hydrogen) atoms. The highest BCUT2D eigenvalue weighted by Crippen LogP contribution is 2.44. The lowest BCUT2D eigenvalue weighted by molar-refractivity contribution is 0.169. The van der Waals surface area contributed by atoms with E-state index in [0.717, 1.165) is 17.5 Å². The zero-order valence-electron chi connectivity index (χ0n) is 17.2. The number of fused-ring (bicyclic) bond motifs is 3. The van der Waals surface area contributed by atoms with Crippen molar-refractivity contribution in [1.29, 1.82) is 0 Å². The van der Waals surface area contributed by atoms with Gasteiger partial charge in [-0.25, -0.2) is 0 Å². The molecule has 1 unspecified atom stereocenters. The van der Waals surface area contributed by atoms with Crippen LogP contribution in [0.1, 0.15) is 48.6 Å². The summed E-state index contributed by atoms with van der Waals surface area (Å²) in [7, 11) is 0. The Labute approximate surface area is 177 Å². The molecule has 0 aliphatic heterocycles. The second-order valence-corrected chi connectivity index (χ2v) is 9.11. The highest BCUT2D eigenvalue weighted by atomic mass is 16.3. The fraction of sp³-hybridized carbons (Fsp3) is 0.333. The summed E-state index contributed by atoms with van der Waals surface area (Å²) in [6, 6.07) is 24.1. The molecule has 0 bridgehead atoms. The van der Waals surface area contributed by atoms with E-state index < -0.39 is 6.10 Å². The molecular weight excluding hydrogens is 368 g/mol. The third-order valence-electron chi connectivity index (χ3n) is 6.72. The molecule has 152 valence electrons. The van der Waals surface area contributed by atoms with Crippen molar-refractivity contribution in [3.05, 3.63) is 77.9 Å². The van der Waals surface area contributed by atoms with Crippen LogP contribution in [0.3, 0.4) is 0 Å². The summed E-state index contributed by atoms with van der Waals surface area (Å²) in [6.07, 6.45) is 4.82. The van der Waals surface area contributed by atoms with Crippen molar-refractivity contribution in [3.63, 3.8) is 0 Å². The molecule has 1 aromatic heterocycles. The average molecular weight is 397 g/mol. The van der Waals surface area contributed by atoms with E-state index in [2.05, 4.69) is 46.3 Å². The highest BCUT2D eigenvalue weighted by Gasteiger charge is 2.26. The molecule has 1 atom stereocenters. The Morgan fingerprint density at radius 2 is 1.37 bits per heavy atom. The molecule has 3 aromatic carbocycles. The maximum absolute atomic E-state index is 10.8. The normalized spacial score (nSPS) is 17.5. The van der Waals surface area contributed by atoms with Gasteiger partial charge >= 0.3 is 0 Å². The van der Waals surface area contributed by atoms with Gasteiger partial charge in [-0.05, 0) is 85.0 Å². The standard InChI is InChI=1S/C27H28N2O/c30-23(16-28-22-4-2-1-3-5-22)17-29-26-12-10-20(18-6-7-18)14-24(26)25-15-21(19-8-9-19)11-13-27(25)29/h1-5,10-15,18-19,23,28,30H,6-9,16-17H2. The van der Waals surface area contributed by atoms with Gasteiger partial charge in [0, 0.05) is 34.0 Å². The van der Waals surface area contributed by atoms with Gasteiger partial charge in [0.2, 0.25) is 0 Å². The molecule has 4 aromatic rings. The monoisotopic (exact) mass is 396 g/mol. The fourth-order valence-corrected chi connectivity index (χ4v) is 4.74. The van der Waals surface area contributed by atoms with E-state index in [1.165, 1.54) is 58.6 Å². The van der Waals surface area contributed by atoms with Crippen molar-refractivity contribution >= 4 is 27.5 Å². The molecule has 2 fully saturated rings. The van der Waals surface area contributed by atoms with Gasteiger partial charge in [-0.15, -0.1) is 0 Å². The lowest BCUT2D eigenvalue weighted by atomic mass is 10.0. The summed E-state index contributed by atoms with van der Waals surface area (Å²) in [5, 5.41) is 16.9. The number of hydrogen-bond donors (Lipinski definition) is 2. The van der Waals surface area contributed by atoms with Crippen molar-refractivity contribution in [2.45, 2.75) is 50.2 Å². The number of aliphatic hydroxyl groups excluding tert-OH is 1. The zero-order chi connectivity index (χ0) is 20.1. The van der Waals surface area contributed by atoms with E-state index >= 15 is 0 Å². The predicted molar refractivity (Wildman–Crippen MR) is 124 cm³/mol. The van der Waals surface area contributed by atoms with Crippen molar-refractivity contribution in [3.8, 4) is 0 Å². The van der Waals surface area contributed by atoms with Crippen molar-refractivity contribution in [1.82, 2.24) is 4.57 Å². The Morgan fingerprint density at radius 3 is 1.90 bits per heavy atom. The van der Waals surface area contributed by atoms with Gasteiger partial charge in [-0.3, -0.25) is 0 Å². The van der Waals surface area contributed by atoms with Crippen LogP contribution in [-0.4, -0.2) is 22.3 Å². The molecular formula is C27H28N2O. The third-order valence-corrected chi connectivity index (χ3v) is 6.72. The molecule has 6 rings (SSSR count). The minimum absolute atomic E-state index is 0.463. The molecule has 1 heterocycles. The first-order chi connectivity index (χ1) is 14.8. The Bertz CT molecular complexity index is 1130. The van der Waals surface area contributed by atoms with E-state index in [4.69, 9.17) is 0 Å². The van der Waals surface area contributed by atoms with E-state index in [-0.39, 0.29) is 0 Å². The number of para-hydroxylation sites is 1. The number of aliphatic hydroxyl groups is 1. The van der Waals surface area contributed by atoms with Gasteiger partial charge in [-0.2, -0.15) is 0 Å². The van der Waals surface area contributed by atoms with Crippen LogP contribution >= 0.6 is 0 Å². The van der Waals surface area contributed by atoms with Crippen molar-refractivity contribution < 1.29 is 5.11 Å². The Morgan fingerprint density at radius 1 is 0.800 bits per heavy atom. The van der Waals surface area contributed by atoms with Crippen LogP contribution < -0.4 is 5.32 Å².